The third kappa shape index (κ3) is 3.07. The van der Waals surface area contributed by atoms with E-state index in [1.54, 1.807) is 6.26 Å². The number of aliphatic hydroxyl groups is 1. The number of rotatable bonds is 5. The van der Waals surface area contributed by atoms with E-state index in [9.17, 15) is 9.90 Å². The second-order valence-electron chi connectivity index (χ2n) is 5.93. The average molecular weight is 299 g/mol. The van der Waals surface area contributed by atoms with E-state index in [1.165, 1.54) is 0 Å². The van der Waals surface area contributed by atoms with Crippen LogP contribution in [-0.2, 0) is 0 Å². The van der Waals surface area contributed by atoms with Gasteiger partial charge in [0.05, 0.1) is 12.4 Å². The molecule has 0 bridgehead atoms. The quantitative estimate of drug-likeness (QED) is 0.891. The molecule has 1 aliphatic rings. The smallest absolute Gasteiger partial charge is 0.251 e. The van der Waals surface area contributed by atoms with Crippen molar-refractivity contribution >= 4 is 5.91 Å². The molecule has 4 nitrogen and oxygen atoms in total. The maximum atomic E-state index is 12.3. The Morgan fingerprint density at radius 1 is 1.32 bits per heavy atom. The summed E-state index contributed by atoms with van der Waals surface area (Å²) in [4.78, 5) is 12.3. The average Bonchev–Trinajstić information content (AvgIpc) is 3.04. The van der Waals surface area contributed by atoms with Gasteiger partial charge in [-0.1, -0.05) is 19.1 Å². The molecule has 116 valence electrons. The first-order valence-electron chi connectivity index (χ1n) is 7.80. The number of furan rings is 1. The summed E-state index contributed by atoms with van der Waals surface area (Å²) in [6.07, 6.45) is 3.90. The normalized spacial score (nSPS) is 21.9. The number of hydrogen-bond donors (Lipinski definition) is 2. The van der Waals surface area contributed by atoms with E-state index in [4.69, 9.17) is 4.42 Å². The Morgan fingerprint density at radius 2 is 2.05 bits per heavy atom. The van der Waals surface area contributed by atoms with Gasteiger partial charge in [-0.2, -0.15) is 0 Å². The third-order valence-electron chi connectivity index (χ3n) is 4.43. The van der Waals surface area contributed by atoms with Gasteiger partial charge >= 0.3 is 0 Å². The first-order chi connectivity index (χ1) is 10.7. The van der Waals surface area contributed by atoms with Gasteiger partial charge in [0, 0.05) is 17.2 Å². The fraction of sp³-hybridized carbons (Fsp3) is 0.389. The molecule has 1 fully saturated rings. The number of carbonyl (C=O) groups is 1. The van der Waals surface area contributed by atoms with Gasteiger partial charge in [-0.25, -0.2) is 0 Å². The summed E-state index contributed by atoms with van der Waals surface area (Å²) in [7, 11) is 0. The number of nitrogens with one attached hydrogen (secondary N) is 1. The summed E-state index contributed by atoms with van der Waals surface area (Å²) in [5.41, 5.74) is 1.60. The van der Waals surface area contributed by atoms with Crippen LogP contribution < -0.4 is 5.32 Å². The van der Waals surface area contributed by atoms with Crippen LogP contribution in [0.5, 0.6) is 0 Å². The molecule has 2 aromatic rings. The maximum absolute atomic E-state index is 12.3. The zero-order valence-corrected chi connectivity index (χ0v) is 12.7. The van der Waals surface area contributed by atoms with Gasteiger partial charge in [0.1, 0.15) is 5.76 Å². The minimum atomic E-state index is -0.191. The molecule has 1 aromatic carbocycles. The molecule has 3 rings (SSSR count). The van der Waals surface area contributed by atoms with Crippen molar-refractivity contribution in [2.45, 2.75) is 38.3 Å². The van der Waals surface area contributed by atoms with Gasteiger partial charge < -0.3 is 14.8 Å². The van der Waals surface area contributed by atoms with Crippen LogP contribution in [0.2, 0.25) is 0 Å². The van der Waals surface area contributed by atoms with Crippen LogP contribution in [0.15, 0.2) is 47.1 Å². The van der Waals surface area contributed by atoms with Crippen LogP contribution in [0.25, 0.3) is 11.3 Å². The molecule has 1 aromatic heterocycles. The lowest BCUT2D eigenvalue weighted by atomic mass is 9.76. The minimum Gasteiger partial charge on any atom is -0.464 e. The largest absolute Gasteiger partial charge is 0.464 e. The lowest BCUT2D eigenvalue weighted by molar-refractivity contribution is 0.0232. The minimum absolute atomic E-state index is 0.0563. The lowest BCUT2D eigenvalue weighted by Crippen LogP contribution is -2.46. The Labute approximate surface area is 130 Å². The Hall–Kier alpha value is -2.07. The molecule has 22 heavy (non-hydrogen) atoms. The van der Waals surface area contributed by atoms with Crippen LogP contribution in [0.3, 0.4) is 0 Å². The number of amides is 1. The molecule has 1 aliphatic carbocycles. The molecule has 4 heteroatoms. The first kappa shape index (κ1) is 14.9. The van der Waals surface area contributed by atoms with Crippen molar-refractivity contribution in [1.82, 2.24) is 5.32 Å². The van der Waals surface area contributed by atoms with Crippen molar-refractivity contribution in [2.24, 2.45) is 5.92 Å². The van der Waals surface area contributed by atoms with E-state index < -0.39 is 0 Å². The molecule has 0 aliphatic heterocycles. The number of aliphatic hydroxyl groups excluding tert-OH is 1. The van der Waals surface area contributed by atoms with Crippen molar-refractivity contribution in [2.75, 3.05) is 0 Å². The van der Waals surface area contributed by atoms with Crippen LogP contribution >= 0.6 is 0 Å². The van der Waals surface area contributed by atoms with Crippen molar-refractivity contribution in [3.63, 3.8) is 0 Å². The lowest BCUT2D eigenvalue weighted by Gasteiger charge is -2.37. The highest BCUT2D eigenvalue weighted by Gasteiger charge is 2.33. The number of carbonyl (C=O) groups excluding carboxylic acids is 1. The zero-order chi connectivity index (χ0) is 15.5. The van der Waals surface area contributed by atoms with E-state index in [2.05, 4.69) is 12.2 Å². The highest BCUT2D eigenvalue weighted by atomic mass is 16.3. The fourth-order valence-electron chi connectivity index (χ4n) is 2.99. The van der Waals surface area contributed by atoms with Crippen LogP contribution in [0.4, 0.5) is 0 Å². The predicted molar refractivity (Wildman–Crippen MR) is 84.4 cm³/mol. The molecule has 0 spiro atoms. The first-order valence-corrected chi connectivity index (χ1v) is 7.80. The number of hydrogen-bond acceptors (Lipinski definition) is 3. The van der Waals surface area contributed by atoms with E-state index in [0.29, 0.717) is 11.5 Å². The van der Waals surface area contributed by atoms with Crippen molar-refractivity contribution in [3.8, 4) is 11.3 Å². The van der Waals surface area contributed by atoms with Gasteiger partial charge in [0.25, 0.3) is 5.91 Å². The molecule has 1 amide bonds. The Kier molecular flexibility index (Phi) is 4.29. The maximum Gasteiger partial charge on any atom is 0.251 e. The van der Waals surface area contributed by atoms with Crippen molar-refractivity contribution < 1.29 is 14.3 Å². The van der Waals surface area contributed by atoms with E-state index in [0.717, 1.165) is 30.6 Å². The Bertz CT molecular complexity index is 612. The highest BCUT2D eigenvalue weighted by Crippen LogP contribution is 2.31. The SMILES string of the molecule is CC[C@H](NC(=O)c1ccc(-c2ccco2)cc1)C1CC(O)C1. The molecular weight excluding hydrogens is 278 g/mol. The second-order valence-corrected chi connectivity index (χ2v) is 5.93. The van der Waals surface area contributed by atoms with Crippen LogP contribution in [0.1, 0.15) is 36.5 Å². The molecule has 0 saturated heterocycles. The van der Waals surface area contributed by atoms with Crippen molar-refractivity contribution in [3.05, 3.63) is 48.2 Å². The highest BCUT2D eigenvalue weighted by molar-refractivity contribution is 5.94. The van der Waals surface area contributed by atoms with Crippen LogP contribution in [-0.4, -0.2) is 23.2 Å². The molecule has 1 saturated carbocycles. The molecule has 2 N–H and O–H groups in total. The van der Waals surface area contributed by atoms with Gasteiger partial charge in [0.2, 0.25) is 0 Å². The number of benzene rings is 1. The van der Waals surface area contributed by atoms with E-state index in [-0.39, 0.29) is 18.1 Å². The zero-order valence-electron chi connectivity index (χ0n) is 12.7. The Balaban J connectivity index is 1.64. The summed E-state index contributed by atoms with van der Waals surface area (Å²) < 4.78 is 5.34. The Morgan fingerprint density at radius 3 is 2.59 bits per heavy atom. The second kappa shape index (κ2) is 6.36. The van der Waals surface area contributed by atoms with Gasteiger partial charge in [0.15, 0.2) is 0 Å². The summed E-state index contributed by atoms with van der Waals surface area (Å²) in [6, 6.07) is 11.3. The standard InChI is InChI=1S/C18H21NO3/c1-2-16(14-10-15(20)11-14)19-18(21)13-7-5-12(6-8-13)17-4-3-9-22-17/h3-9,14-16,20H,2,10-11H2,1H3,(H,19,21)/t14?,15?,16-/m0/s1. The van der Waals surface area contributed by atoms with Crippen molar-refractivity contribution in [1.29, 1.82) is 0 Å². The summed E-state index contributed by atoms with van der Waals surface area (Å²) >= 11 is 0. The molecule has 0 radical (unpaired) electrons. The monoisotopic (exact) mass is 299 g/mol. The van der Waals surface area contributed by atoms with Gasteiger partial charge in [-0.05, 0) is 49.4 Å². The molecular formula is C18H21NO3. The van der Waals surface area contributed by atoms with Gasteiger partial charge in [-0.3, -0.25) is 4.79 Å². The summed E-state index contributed by atoms with van der Waals surface area (Å²) in [5, 5.41) is 12.5. The van der Waals surface area contributed by atoms with E-state index >= 15 is 0 Å². The predicted octanol–water partition coefficient (Wildman–Crippen LogP) is 3.23. The van der Waals surface area contributed by atoms with Gasteiger partial charge in [-0.15, -0.1) is 0 Å². The fourth-order valence-corrected chi connectivity index (χ4v) is 2.99. The van der Waals surface area contributed by atoms with Crippen LogP contribution in [0, 0.1) is 5.92 Å². The summed E-state index contributed by atoms with van der Waals surface area (Å²) in [5.74, 6) is 1.13. The topological polar surface area (TPSA) is 62.5 Å². The van der Waals surface area contributed by atoms with E-state index in [1.807, 2.05) is 36.4 Å². The molecule has 1 heterocycles. The third-order valence-corrected chi connectivity index (χ3v) is 4.43. The summed E-state index contributed by atoms with van der Waals surface area (Å²) in [6.45, 7) is 2.07. The molecule has 1 atom stereocenters. The molecule has 0 unspecified atom stereocenters.